The van der Waals surface area contributed by atoms with Gasteiger partial charge in [-0.1, -0.05) is 42.5 Å². The number of aromatic nitrogens is 1. The number of rotatable bonds is 7. The largest absolute Gasteiger partial charge is 0.496 e. The number of nitrogens with zero attached hydrogens (tertiary/aromatic N) is 3. The number of carbonyl (C=O) groups is 1. The summed E-state index contributed by atoms with van der Waals surface area (Å²) < 4.78 is 5.45. The van der Waals surface area contributed by atoms with Gasteiger partial charge in [0.2, 0.25) is 0 Å². The van der Waals surface area contributed by atoms with Gasteiger partial charge in [0.25, 0.3) is 11.6 Å². The lowest BCUT2D eigenvalue weighted by atomic mass is 10.0. The minimum Gasteiger partial charge on any atom is -0.496 e. The molecule has 8 heteroatoms. The van der Waals surface area contributed by atoms with E-state index < -0.39 is 10.8 Å². The molecule has 0 spiro atoms. The standard InChI is InChI=1S/C26H20N4O4/c1-34-25-15-7-4-12-20(25)23-17-21(19-11-3-5-13-22(19)28-23)26(31)29-27-16-8-10-18-9-2-6-14-24(18)30(32)33/h2-17H,1H3,(H,29,31)/b10-8-,27-16?. The predicted molar refractivity (Wildman–Crippen MR) is 132 cm³/mol. The smallest absolute Gasteiger partial charge is 0.276 e. The number of benzene rings is 3. The van der Waals surface area contributed by atoms with Crippen LogP contribution in [0.15, 0.2) is 90.0 Å². The third kappa shape index (κ3) is 4.81. The lowest BCUT2D eigenvalue weighted by Crippen LogP contribution is -2.18. The molecule has 4 aromatic rings. The fraction of sp³-hybridized carbons (Fsp3) is 0.0385. The molecule has 0 aliphatic rings. The van der Waals surface area contributed by atoms with E-state index in [0.29, 0.717) is 33.5 Å². The number of ether oxygens (including phenoxy) is 1. The van der Waals surface area contributed by atoms with Gasteiger partial charge in [-0.25, -0.2) is 10.4 Å². The molecule has 34 heavy (non-hydrogen) atoms. The first-order valence-electron chi connectivity index (χ1n) is 10.3. The quantitative estimate of drug-likeness (QED) is 0.234. The first-order chi connectivity index (χ1) is 16.6. The van der Waals surface area contributed by atoms with Crippen molar-refractivity contribution in [2.45, 2.75) is 0 Å². The van der Waals surface area contributed by atoms with Crippen LogP contribution in [0.5, 0.6) is 5.75 Å². The summed E-state index contributed by atoms with van der Waals surface area (Å²) in [5.41, 5.74) is 5.37. The van der Waals surface area contributed by atoms with Gasteiger partial charge in [-0.3, -0.25) is 14.9 Å². The van der Waals surface area contributed by atoms with Gasteiger partial charge in [0.1, 0.15) is 5.75 Å². The summed E-state index contributed by atoms with van der Waals surface area (Å²) in [6.45, 7) is 0. The van der Waals surface area contributed by atoms with E-state index in [9.17, 15) is 14.9 Å². The van der Waals surface area contributed by atoms with Crippen molar-refractivity contribution in [3.05, 3.63) is 106 Å². The van der Waals surface area contributed by atoms with Gasteiger partial charge in [0, 0.05) is 23.2 Å². The van der Waals surface area contributed by atoms with Crippen molar-refractivity contribution in [2.24, 2.45) is 5.10 Å². The number of para-hydroxylation sites is 3. The van der Waals surface area contributed by atoms with Crippen molar-refractivity contribution in [3.63, 3.8) is 0 Å². The maximum Gasteiger partial charge on any atom is 0.276 e. The monoisotopic (exact) mass is 452 g/mol. The molecule has 1 heterocycles. The van der Waals surface area contributed by atoms with E-state index in [1.54, 1.807) is 37.5 Å². The number of nitrogens with one attached hydrogen (secondary N) is 1. The highest BCUT2D eigenvalue weighted by Crippen LogP contribution is 2.31. The molecule has 0 unspecified atom stereocenters. The van der Waals surface area contributed by atoms with Gasteiger partial charge >= 0.3 is 0 Å². The number of methoxy groups -OCH3 is 1. The average molecular weight is 452 g/mol. The molecule has 0 saturated heterocycles. The van der Waals surface area contributed by atoms with Crippen molar-refractivity contribution in [3.8, 4) is 17.0 Å². The molecule has 8 nitrogen and oxygen atoms in total. The Balaban J connectivity index is 1.60. The van der Waals surface area contributed by atoms with Gasteiger partial charge in [-0.05, 0) is 42.5 Å². The number of pyridine rings is 1. The molecule has 168 valence electrons. The zero-order valence-electron chi connectivity index (χ0n) is 18.2. The van der Waals surface area contributed by atoms with Crippen LogP contribution in [0.4, 0.5) is 5.69 Å². The van der Waals surface area contributed by atoms with Crippen LogP contribution in [0, 0.1) is 10.1 Å². The molecular weight excluding hydrogens is 432 g/mol. The Kier molecular flexibility index (Phi) is 6.69. The normalized spacial score (nSPS) is 11.2. The number of carbonyl (C=O) groups excluding carboxylic acids is 1. The predicted octanol–water partition coefficient (Wildman–Crippen LogP) is 5.25. The van der Waals surface area contributed by atoms with E-state index >= 15 is 0 Å². The van der Waals surface area contributed by atoms with Crippen LogP contribution in [0.1, 0.15) is 15.9 Å². The van der Waals surface area contributed by atoms with Gasteiger partial charge in [0.15, 0.2) is 0 Å². The number of hydrogen-bond donors (Lipinski definition) is 1. The van der Waals surface area contributed by atoms with Crippen molar-refractivity contribution in [1.29, 1.82) is 0 Å². The Labute approximate surface area is 195 Å². The molecule has 1 amide bonds. The van der Waals surface area contributed by atoms with E-state index in [1.807, 2.05) is 48.5 Å². The molecule has 0 saturated carbocycles. The Morgan fingerprint density at radius 3 is 2.62 bits per heavy atom. The third-order valence-electron chi connectivity index (χ3n) is 5.08. The Bertz CT molecular complexity index is 1430. The van der Waals surface area contributed by atoms with Crippen LogP contribution in [-0.2, 0) is 0 Å². The fourth-order valence-corrected chi connectivity index (χ4v) is 3.50. The van der Waals surface area contributed by atoms with E-state index in [2.05, 4.69) is 10.5 Å². The van der Waals surface area contributed by atoms with Crippen molar-refractivity contribution in [1.82, 2.24) is 10.4 Å². The number of fused-ring (bicyclic) bond motifs is 1. The highest BCUT2D eigenvalue weighted by atomic mass is 16.6. The second-order valence-corrected chi connectivity index (χ2v) is 7.17. The van der Waals surface area contributed by atoms with Crippen LogP contribution in [0.3, 0.4) is 0 Å². The van der Waals surface area contributed by atoms with Crippen LogP contribution < -0.4 is 10.2 Å². The van der Waals surface area contributed by atoms with E-state index in [4.69, 9.17) is 9.72 Å². The highest BCUT2D eigenvalue weighted by Gasteiger charge is 2.15. The number of hydrogen-bond acceptors (Lipinski definition) is 6. The second-order valence-electron chi connectivity index (χ2n) is 7.17. The summed E-state index contributed by atoms with van der Waals surface area (Å²) in [7, 11) is 1.58. The van der Waals surface area contributed by atoms with Crippen LogP contribution in [0.25, 0.3) is 28.2 Å². The van der Waals surface area contributed by atoms with Gasteiger partial charge in [-0.15, -0.1) is 0 Å². The summed E-state index contributed by atoms with van der Waals surface area (Å²) in [6.07, 6.45) is 4.43. The van der Waals surface area contributed by atoms with Crippen molar-refractivity contribution < 1.29 is 14.5 Å². The van der Waals surface area contributed by atoms with Gasteiger partial charge in [-0.2, -0.15) is 5.10 Å². The summed E-state index contributed by atoms with van der Waals surface area (Å²) in [5, 5.41) is 15.7. The molecule has 0 fully saturated rings. The molecule has 0 aliphatic carbocycles. The number of amides is 1. The summed E-state index contributed by atoms with van der Waals surface area (Å²) >= 11 is 0. The second kappa shape index (κ2) is 10.2. The molecule has 4 rings (SSSR count). The molecule has 1 N–H and O–H groups in total. The number of nitro benzene ring substituents is 1. The summed E-state index contributed by atoms with van der Waals surface area (Å²) in [6, 6.07) is 22.9. The van der Waals surface area contributed by atoms with E-state index in [0.717, 1.165) is 5.56 Å². The van der Waals surface area contributed by atoms with Crippen molar-refractivity contribution >= 4 is 34.8 Å². The molecule has 0 radical (unpaired) electrons. The lowest BCUT2D eigenvalue weighted by molar-refractivity contribution is -0.385. The Hall–Kier alpha value is -4.85. The number of allylic oxidation sites excluding steroid dienone is 1. The van der Waals surface area contributed by atoms with E-state index in [-0.39, 0.29) is 5.69 Å². The molecular formula is C26H20N4O4. The molecule has 0 atom stereocenters. The average Bonchev–Trinajstić information content (AvgIpc) is 2.87. The van der Waals surface area contributed by atoms with Gasteiger partial charge < -0.3 is 4.74 Å². The molecule has 0 bridgehead atoms. The Morgan fingerprint density at radius 2 is 1.79 bits per heavy atom. The topological polar surface area (TPSA) is 107 Å². The molecule has 1 aromatic heterocycles. The number of nitro groups is 1. The lowest BCUT2D eigenvalue weighted by Gasteiger charge is -2.11. The van der Waals surface area contributed by atoms with E-state index in [1.165, 1.54) is 18.4 Å². The van der Waals surface area contributed by atoms with Gasteiger partial charge in [0.05, 0.1) is 34.4 Å². The minimum atomic E-state index is -0.452. The first-order valence-corrected chi connectivity index (χ1v) is 10.3. The fourth-order valence-electron chi connectivity index (χ4n) is 3.50. The minimum absolute atomic E-state index is 0.0108. The maximum absolute atomic E-state index is 13.0. The maximum atomic E-state index is 13.0. The zero-order valence-corrected chi connectivity index (χ0v) is 18.2. The van der Waals surface area contributed by atoms with Crippen molar-refractivity contribution in [2.75, 3.05) is 7.11 Å². The summed E-state index contributed by atoms with van der Waals surface area (Å²) in [5.74, 6) is 0.236. The highest BCUT2D eigenvalue weighted by molar-refractivity contribution is 6.07. The van der Waals surface area contributed by atoms with Crippen LogP contribution >= 0.6 is 0 Å². The Morgan fingerprint density at radius 1 is 1.06 bits per heavy atom. The van der Waals surface area contributed by atoms with Crippen LogP contribution in [-0.4, -0.2) is 29.1 Å². The zero-order chi connectivity index (χ0) is 23.9. The van der Waals surface area contributed by atoms with Crippen LogP contribution in [0.2, 0.25) is 0 Å². The summed E-state index contributed by atoms with van der Waals surface area (Å²) in [4.78, 5) is 28.3. The SMILES string of the molecule is COc1ccccc1-c1cc(C(=O)NN=C/C=C\c2ccccc2[N+](=O)[O-])c2ccccc2n1. The molecule has 0 aliphatic heterocycles. The first kappa shape index (κ1) is 22.3. The molecule has 3 aromatic carbocycles. The third-order valence-corrected chi connectivity index (χ3v) is 5.08. The number of hydrazone groups is 1.